The van der Waals surface area contributed by atoms with E-state index >= 15 is 0 Å². The third-order valence-electron chi connectivity index (χ3n) is 4.91. The van der Waals surface area contributed by atoms with Gasteiger partial charge in [-0.25, -0.2) is 9.97 Å². The number of carbonyl (C=O) groups is 1. The number of likely N-dealkylation sites (tertiary alicyclic amines) is 1. The van der Waals surface area contributed by atoms with E-state index in [1.54, 1.807) is 29.8 Å². The van der Waals surface area contributed by atoms with Gasteiger partial charge >= 0.3 is 6.01 Å². The molecule has 1 unspecified atom stereocenters. The summed E-state index contributed by atoms with van der Waals surface area (Å²) in [6, 6.07) is 4.08. The van der Waals surface area contributed by atoms with Crippen molar-refractivity contribution in [3.8, 4) is 6.01 Å². The Morgan fingerprint density at radius 2 is 2.24 bits per heavy atom. The van der Waals surface area contributed by atoms with Crippen molar-refractivity contribution in [1.29, 1.82) is 0 Å². The Bertz CT molecular complexity index is 702. The third kappa shape index (κ3) is 3.67. The Kier molecular flexibility index (Phi) is 4.67. The minimum atomic E-state index is -0.155. The monoisotopic (exact) mass is 359 g/mol. The molecule has 132 valence electrons. The Morgan fingerprint density at radius 3 is 3.00 bits per heavy atom. The summed E-state index contributed by atoms with van der Waals surface area (Å²) in [6.45, 7) is 2.76. The second-order valence-corrected chi connectivity index (χ2v) is 7.51. The zero-order chi connectivity index (χ0) is 17.1. The molecule has 2 aromatic rings. The molecule has 7 heteroatoms. The maximum absolute atomic E-state index is 12.4. The number of ether oxygens (including phenoxy) is 2. The van der Waals surface area contributed by atoms with Crippen LogP contribution in [0.5, 0.6) is 6.01 Å². The van der Waals surface area contributed by atoms with Crippen LogP contribution in [-0.2, 0) is 4.74 Å². The molecule has 0 bridgehead atoms. The first-order chi connectivity index (χ1) is 12.2. The molecule has 1 amide bonds. The molecular formula is C18H21N3O3S. The Labute approximate surface area is 150 Å². The minimum Gasteiger partial charge on any atom is -0.463 e. The second kappa shape index (κ2) is 7.09. The van der Waals surface area contributed by atoms with Crippen molar-refractivity contribution >= 4 is 17.2 Å². The van der Waals surface area contributed by atoms with Gasteiger partial charge in [-0.15, -0.1) is 0 Å². The Morgan fingerprint density at radius 1 is 1.40 bits per heavy atom. The van der Waals surface area contributed by atoms with Crippen LogP contribution in [0.4, 0.5) is 0 Å². The molecule has 0 aliphatic carbocycles. The minimum absolute atomic E-state index is 0.113. The maximum atomic E-state index is 12.4. The molecule has 0 N–H and O–H groups in total. The van der Waals surface area contributed by atoms with E-state index in [0.717, 1.165) is 31.4 Å². The molecule has 2 saturated heterocycles. The molecule has 2 aromatic heterocycles. The zero-order valence-corrected chi connectivity index (χ0v) is 14.8. The topological polar surface area (TPSA) is 64.6 Å². The molecule has 6 nitrogen and oxygen atoms in total. The number of thiophene rings is 1. The number of carbonyl (C=O) groups excluding carboxylic acids is 1. The van der Waals surface area contributed by atoms with Gasteiger partial charge in [0.25, 0.3) is 5.91 Å². The fourth-order valence-electron chi connectivity index (χ4n) is 3.63. The summed E-state index contributed by atoms with van der Waals surface area (Å²) in [5.74, 6) is 0.665. The zero-order valence-electron chi connectivity index (χ0n) is 14.0. The van der Waals surface area contributed by atoms with Crippen molar-refractivity contribution in [3.63, 3.8) is 0 Å². The van der Waals surface area contributed by atoms with Crippen molar-refractivity contribution in [2.75, 3.05) is 26.3 Å². The molecule has 2 aliphatic rings. The van der Waals surface area contributed by atoms with Gasteiger partial charge < -0.3 is 14.4 Å². The summed E-state index contributed by atoms with van der Waals surface area (Å²) in [4.78, 5) is 22.4. The lowest BCUT2D eigenvalue weighted by Gasteiger charge is -2.53. The average molecular weight is 359 g/mol. The molecule has 2 aliphatic heterocycles. The van der Waals surface area contributed by atoms with E-state index in [0.29, 0.717) is 31.6 Å². The second-order valence-electron chi connectivity index (χ2n) is 6.73. The van der Waals surface area contributed by atoms with E-state index in [2.05, 4.69) is 9.97 Å². The Hall–Kier alpha value is -1.99. The summed E-state index contributed by atoms with van der Waals surface area (Å²) in [5.41, 5.74) is 0.626. The van der Waals surface area contributed by atoms with Crippen molar-refractivity contribution in [2.24, 2.45) is 5.92 Å². The van der Waals surface area contributed by atoms with Gasteiger partial charge in [-0.2, -0.15) is 11.3 Å². The molecule has 1 spiro atoms. The summed E-state index contributed by atoms with van der Waals surface area (Å²) in [7, 11) is 0. The number of aromatic nitrogens is 2. The predicted octanol–water partition coefficient (Wildman–Crippen LogP) is 2.63. The lowest BCUT2D eigenvalue weighted by atomic mass is 9.79. The standard InChI is InChI=1S/C18H21N3O3S/c22-16(15-4-9-25-11-15)21-12-18(13-21)10-14(3-8-24-18)2-7-23-17-19-5-1-6-20-17/h1,4-6,9,11,14H,2-3,7-8,10,12-13H2. The quantitative estimate of drug-likeness (QED) is 0.821. The van der Waals surface area contributed by atoms with Crippen molar-refractivity contribution < 1.29 is 14.3 Å². The smallest absolute Gasteiger partial charge is 0.316 e. The van der Waals surface area contributed by atoms with Crippen LogP contribution >= 0.6 is 11.3 Å². The van der Waals surface area contributed by atoms with Crippen LogP contribution < -0.4 is 4.74 Å². The van der Waals surface area contributed by atoms with Crippen LogP contribution in [0.15, 0.2) is 35.3 Å². The van der Waals surface area contributed by atoms with Gasteiger partial charge in [-0.3, -0.25) is 4.79 Å². The average Bonchev–Trinajstić information content (AvgIpc) is 3.15. The van der Waals surface area contributed by atoms with E-state index in [4.69, 9.17) is 9.47 Å². The molecule has 0 aromatic carbocycles. The Balaban J connectivity index is 1.25. The van der Waals surface area contributed by atoms with Gasteiger partial charge in [0.05, 0.1) is 25.3 Å². The van der Waals surface area contributed by atoms with Gasteiger partial charge in [0.1, 0.15) is 5.60 Å². The summed E-state index contributed by atoms with van der Waals surface area (Å²) < 4.78 is 11.6. The molecule has 25 heavy (non-hydrogen) atoms. The highest BCUT2D eigenvalue weighted by molar-refractivity contribution is 7.08. The highest BCUT2D eigenvalue weighted by Crippen LogP contribution is 2.38. The van der Waals surface area contributed by atoms with Crippen LogP contribution in [0.25, 0.3) is 0 Å². The SMILES string of the molecule is O=C(c1ccsc1)N1CC2(CC(CCOc3ncccn3)CCO2)C1. The van der Waals surface area contributed by atoms with Gasteiger partial charge in [0.2, 0.25) is 0 Å². The van der Waals surface area contributed by atoms with E-state index < -0.39 is 0 Å². The molecule has 2 fully saturated rings. The summed E-state index contributed by atoms with van der Waals surface area (Å²) >= 11 is 1.55. The summed E-state index contributed by atoms with van der Waals surface area (Å²) in [5, 5.41) is 3.84. The van der Waals surface area contributed by atoms with E-state index in [1.165, 1.54) is 0 Å². The molecule has 4 heterocycles. The fourth-order valence-corrected chi connectivity index (χ4v) is 4.26. The number of rotatable bonds is 5. The fraction of sp³-hybridized carbons (Fsp3) is 0.500. The first kappa shape index (κ1) is 16.5. The number of hydrogen-bond donors (Lipinski definition) is 0. The van der Waals surface area contributed by atoms with E-state index in [9.17, 15) is 4.79 Å². The van der Waals surface area contributed by atoms with Crippen LogP contribution in [0, 0.1) is 5.92 Å². The number of amides is 1. The number of nitrogens with zero attached hydrogens (tertiary/aromatic N) is 3. The molecule has 0 saturated carbocycles. The first-order valence-corrected chi connectivity index (χ1v) is 9.54. The highest BCUT2D eigenvalue weighted by Gasteiger charge is 2.49. The molecule has 1 atom stereocenters. The van der Waals surface area contributed by atoms with Crippen molar-refractivity contribution in [1.82, 2.24) is 14.9 Å². The first-order valence-electron chi connectivity index (χ1n) is 8.59. The van der Waals surface area contributed by atoms with Gasteiger partial charge in [0, 0.05) is 24.4 Å². The molecular weight excluding hydrogens is 338 g/mol. The normalized spacial score (nSPS) is 21.8. The van der Waals surface area contributed by atoms with E-state index in [1.807, 2.05) is 21.7 Å². The van der Waals surface area contributed by atoms with Crippen LogP contribution in [-0.4, -0.2) is 52.7 Å². The lowest BCUT2D eigenvalue weighted by Crippen LogP contribution is -2.66. The van der Waals surface area contributed by atoms with Crippen LogP contribution in [0.3, 0.4) is 0 Å². The predicted molar refractivity (Wildman–Crippen MR) is 93.8 cm³/mol. The van der Waals surface area contributed by atoms with Crippen LogP contribution in [0.1, 0.15) is 29.6 Å². The van der Waals surface area contributed by atoms with Crippen molar-refractivity contribution in [2.45, 2.75) is 24.9 Å². The van der Waals surface area contributed by atoms with Gasteiger partial charge in [-0.1, -0.05) is 0 Å². The lowest BCUT2D eigenvalue weighted by molar-refractivity contribution is -0.166. The van der Waals surface area contributed by atoms with Gasteiger partial charge in [0.15, 0.2) is 0 Å². The largest absolute Gasteiger partial charge is 0.463 e. The van der Waals surface area contributed by atoms with Gasteiger partial charge in [-0.05, 0) is 42.7 Å². The number of hydrogen-bond acceptors (Lipinski definition) is 6. The summed E-state index contributed by atoms with van der Waals surface area (Å²) in [6.07, 6.45) is 6.35. The van der Waals surface area contributed by atoms with Crippen molar-refractivity contribution in [3.05, 3.63) is 40.8 Å². The molecule has 0 radical (unpaired) electrons. The van der Waals surface area contributed by atoms with E-state index in [-0.39, 0.29) is 11.5 Å². The third-order valence-corrected chi connectivity index (χ3v) is 5.59. The van der Waals surface area contributed by atoms with Crippen LogP contribution in [0.2, 0.25) is 0 Å². The maximum Gasteiger partial charge on any atom is 0.316 e. The highest BCUT2D eigenvalue weighted by atomic mass is 32.1. The molecule has 4 rings (SSSR count).